The Balaban J connectivity index is 1.60. The highest BCUT2D eigenvalue weighted by Gasteiger charge is 2.10. The molecule has 1 aromatic carbocycles. The Kier molecular flexibility index (Phi) is 4.10. The van der Waals surface area contributed by atoms with Crippen molar-refractivity contribution in [1.82, 2.24) is 9.38 Å². The summed E-state index contributed by atoms with van der Waals surface area (Å²) in [6.45, 7) is 0. The van der Waals surface area contributed by atoms with Crippen LogP contribution in [0.1, 0.15) is 5.69 Å². The lowest BCUT2D eigenvalue weighted by atomic mass is 10.2. The maximum absolute atomic E-state index is 12.0. The first-order valence-electron chi connectivity index (χ1n) is 6.02. The first-order chi connectivity index (χ1) is 9.72. The largest absolute Gasteiger partial charge is 0.298 e. The van der Waals surface area contributed by atoms with Gasteiger partial charge in [-0.2, -0.15) is 0 Å². The third-order valence-corrected chi connectivity index (χ3v) is 5.09. The summed E-state index contributed by atoms with van der Waals surface area (Å²) in [7, 11) is 0. The quantitative estimate of drug-likeness (QED) is 0.667. The van der Waals surface area contributed by atoms with Crippen LogP contribution in [0.5, 0.6) is 0 Å². The normalized spacial score (nSPS) is 11.1. The van der Waals surface area contributed by atoms with Gasteiger partial charge in [0.1, 0.15) is 5.78 Å². The minimum Gasteiger partial charge on any atom is -0.298 e. The van der Waals surface area contributed by atoms with Crippen molar-refractivity contribution in [3.8, 4) is 0 Å². The number of hydrogen-bond acceptors (Lipinski definition) is 4. The van der Waals surface area contributed by atoms with Gasteiger partial charge in [-0.15, -0.1) is 23.1 Å². The molecule has 102 valence electrons. The number of nitrogens with zero attached hydrogens (tertiary/aromatic N) is 2. The number of thioether (sulfide) groups is 1. The van der Waals surface area contributed by atoms with E-state index in [2.05, 4.69) is 4.98 Å². The summed E-state index contributed by atoms with van der Waals surface area (Å²) in [5.41, 5.74) is 0.821. The third kappa shape index (κ3) is 3.06. The molecule has 6 heteroatoms. The van der Waals surface area contributed by atoms with E-state index in [0.717, 1.165) is 15.6 Å². The van der Waals surface area contributed by atoms with Crippen LogP contribution in [-0.2, 0) is 11.2 Å². The Morgan fingerprint density at radius 3 is 3.05 bits per heavy atom. The molecule has 0 aliphatic carbocycles. The average Bonchev–Trinajstić information content (AvgIpc) is 2.98. The van der Waals surface area contributed by atoms with E-state index in [9.17, 15) is 4.79 Å². The molecular formula is C14H11ClN2OS2. The van der Waals surface area contributed by atoms with Crippen molar-refractivity contribution in [3.05, 3.63) is 52.8 Å². The van der Waals surface area contributed by atoms with Gasteiger partial charge in [-0.05, 0) is 12.1 Å². The second kappa shape index (κ2) is 5.99. The third-order valence-electron chi connectivity index (χ3n) is 2.75. The Bertz CT molecular complexity index is 722. The highest BCUT2D eigenvalue weighted by molar-refractivity contribution is 8.00. The number of carbonyl (C=O) groups excluding carboxylic acids is 1. The second-order valence-corrected chi connectivity index (χ2v) is 6.56. The van der Waals surface area contributed by atoms with Crippen LogP contribution < -0.4 is 0 Å². The van der Waals surface area contributed by atoms with Crippen molar-refractivity contribution in [1.29, 1.82) is 0 Å². The van der Waals surface area contributed by atoms with Crippen molar-refractivity contribution in [2.24, 2.45) is 0 Å². The molecule has 0 spiro atoms. The Hall–Kier alpha value is -1.30. The van der Waals surface area contributed by atoms with Crippen molar-refractivity contribution in [2.45, 2.75) is 11.3 Å². The van der Waals surface area contributed by atoms with E-state index in [0.29, 0.717) is 17.2 Å². The predicted octanol–water partition coefficient (Wildman–Crippen LogP) is 3.95. The number of carbonyl (C=O) groups is 1. The van der Waals surface area contributed by atoms with Gasteiger partial charge < -0.3 is 0 Å². The molecule has 0 radical (unpaired) electrons. The molecule has 20 heavy (non-hydrogen) atoms. The molecule has 0 N–H and O–H groups in total. The molecule has 0 saturated heterocycles. The van der Waals surface area contributed by atoms with Gasteiger partial charge in [0.2, 0.25) is 0 Å². The molecule has 0 bridgehead atoms. The fourth-order valence-electron chi connectivity index (χ4n) is 1.83. The lowest BCUT2D eigenvalue weighted by molar-refractivity contribution is -0.116. The molecule has 3 aromatic rings. The van der Waals surface area contributed by atoms with Gasteiger partial charge >= 0.3 is 0 Å². The molecule has 0 aliphatic rings. The summed E-state index contributed by atoms with van der Waals surface area (Å²) in [5.74, 6) is 0.565. The van der Waals surface area contributed by atoms with Crippen LogP contribution in [0.4, 0.5) is 0 Å². The minimum absolute atomic E-state index is 0.153. The van der Waals surface area contributed by atoms with E-state index >= 15 is 0 Å². The van der Waals surface area contributed by atoms with Gasteiger partial charge in [0, 0.05) is 22.7 Å². The van der Waals surface area contributed by atoms with Gasteiger partial charge in [0.15, 0.2) is 4.96 Å². The number of benzene rings is 1. The van der Waals surface area contributed by atoms with Crippen LogP contribution in [0, 0.1) is 0 Å². The second-order valence-electron chi connectivity index (χ2n) is 4.26. The van der Waals surface area contributed by atoms with E-state index < -0.39 is 0 Å². The Morgan fingerprint density at radius 2 is 2.25 bits per heavy atom. The molecule has 3 rings (SSSR count). The van der Waals surface area contributed by atoms with Crippen LogP contribution >= 0.6 is 34.7 Å². The zero-order valence-corrected chi connectivity index (χ0v) is 12.8. The van der Waals surface area contributed by atoms with Crippen LogP contribution in [0.2, 0.25) is 5.02 Å². The Morgan fingerprint density at radius 1 is 1.40 bits per heavy atom. The van der Waals surface area contributed by atoms with Crippen molar-refractivity contribution >= 4 is 45.4 Å². The highest BCUT2D eigenvalue weighted by atomic mass is 35.5. The van der Waals surface area contributed by atoms with E-state index in [1.54, 1.807) is 11.3 Å². The fraction of sp³-hybridized carbons (Fsp3) is 0.143. The number of ketones is 1. The lowest BCUT2D eigenvalue weighted by Crippen LogP contribution is -2.05. The molecule has 0 saturated carbocycles. The molecular weight excluding hydrogens is 312 g/mol. The summed E-state index contributed by atoms with van der Waals surface area (Å²) in [5, 5.41) is 2.66. The summed E-state index contributed by atoms with van der Waals surface area (Å²) in [6.07, 6.45) is 4.22. The number of Topliss-reactive ketones (excluding diaryl/α,β-unsaturated/α-hetero) is 1. The maximum atomic E-state index is 12.0. The van der Waals surface area contributed by atoms with Crippen LogP contribution in [0.3, 0.4) is 0 Å². The first-order valence-corrected chi connectivity index (χ1v) is 8.27. The molecule has 0 amide bonds. The van der Waals surface area contributed by atoms with Crippen molar-refractivity contribution < 1.29 is 4.79 Å². The van der Waals surface area contributed by atoms with Gasteiger partial charge in [-0.3, -0.25) is 9.20 Å². The lowest BCUT2D eigenvalue weighted by Gasteiger charge is -2.02. The van der Waals surface area contributed by atoms with E-state index in [-0.39, 0.29) is 5.78 Å². The number of fused-ring (bicyclic) bond motifs is 1. The van der Waals surface area contributed by atoms with Crippen molar-refractivity contribution in [3.63, 3.8) is 0 Å². The molecule has 3 nitrogen and oxygen atoms in total. The summed E-state index contributed by atoms with van der Waals surface area (Å²) in [4.78, 5) is 18.3. The van der Waals surface area contributed by atoms with Crippen LogP contribution in [0.15, 0.2) is 46.9 Å². The molecule has 0 unspecified atom stereocenters. The van der Waals surface area contributed by atoms with Gasteiger partial charge in [0.05, 0.1) is 22.9 Å². The highest BCUT2D eigenvalue weighted by Crippen LogP contribution is 2.26. The van der Waals surface area contributed by atoms with Crippen LogP contribution in [-0.4, -0.2) is 20.9 Å². The van der Waals surface area contributed by atoms with Gasteiger partial charge in [-0.1, -0.05) is 23.7 Å². The summed E-state index contributed by atoms with van der Waals surface area (Å²) in [6, 6.07) is 7.55. The number of hydrogen-bond donors (Lipinski definition) is 0. The van der Waals surface area contributed by atoms with E-state index in [1.807, 2.05) is 46.4 Å². The van der Waals surface area contributed by atoms with Crippen molar-refractivity contribution in [2.75, 3.05) is 5.75 Å². The van der Waals surface area contributed by atoms with Gasteiger partial charge in [-0.25, -0.2) is 4.98 Å². The first kappa shape index (κ1) is 13.7. The minimum atomic E-state index is 0.153. The number of halogens is 1. The zero-order valence-electron chi connectivity index (χ0n) is 10.5. The molecule has 2 heterocycles. The average molecular weight is 323 g/mol. The monoisotopic (exact) mass is 322 g/mol. The molecule has 2 aromatic heterocycles. The van der Waals surface area contributed by atoms with E-state index in [4.69, 9.17) is 11.6 Å². The smallest absolute Gasteiger partial charge is 0.193 e. The molecule has 0 aliphatic heterocycles. The summed E-state index contributed by atoms with van der Waals surface area (Å²) >= 11 is 9.10. The predicted molar refractivity (Wildman–Crippen MR) is 84.0 cm³/mol. The molecule has 0 fully saturated rings. The topological polar surface area (TPSA) is 34.4 Å². The number of thiazole rings is 1. The SMILES string of the molecule is O=C(CSc1ccccc1Cl)Cc1cn2ccsc2n1. The van der Waals surface area contributed by atoms with E-state index in [1.165, 1.54) is 11.8 Å². The summed E-state index contributed by atoms with van der Waals surface area (Å²) < 4.78 is 1.94. The number of imidazole rings is 1. The van der Waals surface area contributed by atoms with Crippen LogP contribution in [0.25, 0.3) is 4.96 Å². The maximum Gasteiger partial charge on any atom is 0.193 e. The standard InChI is InChI=1S/C14H11ClN2OS2/c15-12-3-1-2-4-13(12)20-9-11(18)7-10-8-17-5-6-19-14(17)16-10/h1-6,8H,7,9H2. The Labute approximate surface area is 129 Å². The molecule has 0 atom stereocenters. The fourth-order valence-corrected chi connectivity index (χ4v) is 3.65. The number of aromatic nitrogens is 2. The zero-order chi connectivity index (χ0) is 13.9. The van der Waals surface area contributed by atoms with Gasteiger partial charge in [0.25, 0.3) is 0 Å². The number of rotatable bonds is 5.